The number of halogens is 1. The Bertz CT molecular complexity index is 837. The largest absolute Gasteiger partial charge is 0.505 e. The Kier molecular flexibility index (Phi) is 4.91. The second-order valence-electron chi connectivity index (χ2n) is 5.28. The third kappa shape index (κ3) is 3.81. The molecular weight excluding hydrogens is 368 g/mol. The van der Waals surface area contributed by atoms with Crippen LogP contribution in [0.5, 0.6) is 0 Å². The second kappa shape index (κ2) is 7.27. The quantitative estimate of drug-likeness (QED) is 0.784. The number of nitrogens with one attached hydrogen (secondary N) is 1. The monoisotopic (exact) mass is 382 g/mol. The number of nitrogens with zero attached hydrogens (tertiary/aromatic N) is 1. The van der Waals surface area contributed by atoms with E-state index in [0.717, 1.165) is 15.6 Å². The second-order valence-corrected chi connectivity index (χ2v) is 6.20. The van der Waals surface area contributed by atoms with Gasteiger partial charge in [-0.3, -0.25) is 9.79 Å². The molecule has 2 aromatic rings. The number of hydrogen-bond donors (Lipinski definition) is 2. The maximum Gasteiger partial charge on any atom is 0.261 e. The standard InChI is InChI=1S/C19H15BrN2O2/c20-15-8-6-13(7-9-15)10-17-18(23)16(19(24)22-17)12-21-11-14-4-2-1-3-5-14/h1-10,12,23H,11H2,(H,22,24)/b17-10-,21-12?. The van der Waals surface area contributed by atoms with Crippen molar-refractivity contribution in [2.45, 2.75) is 6.54 Å². The first-order valence-electron chi connectivity index (χ1n) is 7.39. The lowest BCUT2D eigenvalue weighted by atomic mass is 10.1. The number of aliphatic hydroxyl groups excluding tert-OH is 1. The lowest BCUT2D eigenvalue weighted by molar-refractivity contribution is -0.115. The molecule has 0 saturated carbocycles. The van der Waals surface area contributed by atoms with Crippen LogP contribution in [0.1, 0.15) is 11.1 Å². The fourth-order valence-corrected chi connectivity index (χ4v) is 2.54. The Morgan fingerprint density at radius 3 is 2.50 bits per heavy atom. The first-order chi connectivity index (χ1) is 11.6. The lowest BCUT2D eigenvalue weighted by Gasteiger charge is -1.99. The summed E-state index contributed by atoms with van der Waals surface area (Å²) in [5.41, 5.74) is 2.47. The van der Waals surface area contributed by atoms with E-state index in [1.165, 1.54) is 6.21 Å². The van der Waals surface area contributed by atoms with Gasteiger partial charge in [0.1, 0.15) is 5.57 Å². The van der Waals surface area contributed by atoms with E-state index in [2.05, 4.69) is 26.2 Å². The fourth-order valence-electron chi connectivity index (χ4n) is 2.28. The fraction of sp³-hybridized carbons (Fsp3) is 0.0526. The van der Waals surface area contributed by atoms with Crippen molar-refractivity contribution in [1.82, 2.24) is 5.32 Å². The van der Waals surface area contributed by atoms with Gasteiger partial charge in [0.15, 0.2) is 5.76 Å². The number of carbonyl (C=O) groups excluding carboxylic acids is 1. The Labute approximate surface area is 148 Å². The Hall–Kier alpha value is -2.66. The van der Waals surface area contributed by atoms with Crippen molar-refractivity contribution in [2.24, 2.45) is 4.99 Å². The van der Waals surface area contributed by atoms with Crippen LogP contribution >= 0.6 is 15.9 Å². The van der Waals surface area contributed by atoms with Crippen LogP contribution in [0.15, 0.2) is 81.1 Å². The third-order valence-corrected chi connectivity index (χ3v) is 4.05. The molecule has 1 aliphatic heterocycles. The first kappa shape index (κ1) is 16.2. The van der Waals surface area contributed by atoms with E-state index in [1.54, 1.807) is 6.08 Å². The van der Waals surface area contributed by atoms with E-state index in [9.17, 15) is 9.90 Å². The molecule has 1 amide bonds. The summed E-state index contributed by atoms with van der Waals surface area (Å²) < 4.78 is 0.966. The molecule has 0 saturated heterocycles. The molecule has 0 aliphatic carbocycles. The molecule has 0 spiro atoms. The van der Waals surface area contributed by atoms with E-state index >= 15 is 0 Å². The molecule has 24 heavy (non-hydrogen) atoms. The Balaban J connectivity index is 1.78. The van der Waals surface area contributed by atoms with Crippen molar-refractivity contribution in [3.05, 3.63) is 87.2 Å². The maximum absolute atomic E-state index is 12.0. The van der Waals surface area contributed by atoms with Crippen LogP contribution in [-0.2, 0) is 11.3 Å². The zero-order valence-electron chi connectivity index (χ0n) is 12.7. The molecule has 2 N–H and O–H groups in total. The summed E-state index contributed by atoms with van der Waals surface area (Å²) in [5.74, 6) is -0.438. The normalized spacial score (nSPS) is 16.2. The molecule has 2 aromatic carbocycles. The zero-order chi connectivity index (χ0) is 16.9. The van der Waals surface area contributed by atoms with Crippen LogP contribution in [0.25, 0.3) is 6.08 Å². The number of rotatable bonds is 4. The van der Waals surface area contributed by atoms with Gasteiger partial charge in [0.05, 0.1) is 12.2 Å². The number of benzene rings is 2. The minimum absolute atomic E-state index is 0.0836. The van der Waals surface area contributed by atoms with Gasteiger partial charge in [0, 0.05) is 10.7 Å². The minimum atomic E-state index is -0.354. The number of amides is 1. The molecule has 5 heteroatoms. The van der Waals surface area contributed by atoms with Gasteiger partial charge in [-0.25, -0.2) is 0 Å². The zero-order valence-corrected chi connectivity index (χ0v) is 14.3. The van der Waals surface area contributed by atoms with Gasteiger partial charge in [0.2, 0.25) is 0 Å². The maximum atomic E-state index is 12.0. The van der Waals surface area contributed by atoms with E-state index in [1.807, 2.05) is 54.6 Å². The van der Waals surface area contributed by atoms with Crippen LogP contribution in [0.3, 0.4) is 0 Å². The van der Waals surface area contributed by atoms with Crippen molar-refractivity contribution < 1.29 is 9.90 Å². The molecule has 4 nitrogen and oxygen atoms in total. The van der Waals surface area contributed by atoms with Gasteiger partial charge in [0.25, 0.3) is 5.91 Å². The topological polar surface area (TPSA) is 61.7 Å². The highest BCUT2D eigenvalue weighted by atomic mass is 79.9. The van der Waals surface area contributed by atoms with E-state index in [-0.39, 0.29) is 17.2 Å². The summed E-state index contributed by atoms with van der Waals surface area (Å²) in [6, 6.07) is 17.3. The number of aliphatic hydroxyl groups is 1. The molecule has 1 heterocycles. The highest BCUT2D eigenvalue weighted by Crippen LogP contribution is 2.21. The highest BCUT2D eigenvalue weighted by Gasteiger charge is 2.25. The average Bonchev–Trinajstić information content (AvgIpc) is 2.85. The third-order valence-electron chi connectivity index (χ3n) is 3.52. The van der Waals surface area contributed by atoms with Gasteiger partial charge in [-0.1, -0.05) is 58.4 Å². The summed E-state index contributed by atoms with van der Waals surface area (Å²) in [4.78, 5) is 16.3. The summed E-state index contributed by atoms with van der Waals surface area (Å²) in [5, 5.41) is 12.9. The van der Waals surface area contributed by atoms with Gasteiger partial charge >= 0.3 is 0 Å². The number of carbonyl (C=O) groups is 1. The lowest BCUT2D eigenvalue weighted by Crippen LogP contribution is -2.16. The average molecular weight is 383 g/mol. The van der Waals surface area contributed by atoms with Gasteiger partial charge in [-0.2, -0.15) is 0 Å². The van der Waals surface area contributed by atoms with Crippen molar-refractivity contribution in [3.63, 3.8) is 0 Å². The van der Waals surface area contributed by atoms with E-state index in [4.69, 9.17) is 0 Å². The van der Waals surface area contributed by atoms with E-state index < -0.39 is 0 Å². The molecule has 120 valence electrons. The number of hydrogen-bond acceptors (Lipinski definition) is 3. The van der Waals surface area contributed by atoms with Gasteiger partial charge in [-0.05, 0) is 29.3 Å². The van der Waals surface area contributed by atoms with Crippen LogP contribution < -0.4 is 5.32 Å². The highest BCUT2D eigenvalue weighted by molar-refractivity contribution is 9.10. The minimum Gasteiger partial charge on any atom is -0.505 e. The molecule has 0 unspecified atom stereocenters. The predicted molar refractivity (Wildman–Crippen MR) is 98.6 cm³/mol. The molecule has 0 fully saturated rings. The SMILES string of the molecule is O=C1N/C(=C\c2ccc(Br)cc2)C(O)=C1C=NCc1ccccc1. The summed E-state index contributed by atoms with van der Waals surface area (Å²) >= 11 is 3.37. The van der Waals surface area contributed by atoms with Crippen LogP contribution in [0.4, 0.5) is 0 Å². The van der Waals surface area contributed by atoms with Crippen LogP contribution in [0, 0.1) is 0 Å². The van der Waals surface area contributed by atoms with Crippen molar-refractivity contribution in [2.75, 3.05) is 0 Å². The molecule has 0 atom stereocenters. The molecular formula is C19H15BrN2O2. The molecule has 0 aromatic heterocycles. The Morgan fingerprint density at radius 2 is 1.79 bits per heavy atom. The molecule has 3 rings (SSSR count). The summed E-state index contributed by atoms with van der Waals surface area (Å²) in [6.45, 7) is 0.455. The smallest absolute Gasteiger partial charge is 0.261 e. The first-order valence-corrected chi connectivity index (χ1v) is 8.19. The predicted octanol–water partition coefficient (Wildman–Crippen LogP) is 4.00. The van der Waals surface area contributed by atoms with Crippen molar-refractivity contribution in [3.8, 4) is 0 Å². The van der Waals surface area contributed by atoms with Crippen molar-refractivity contribution >= 4 is 34.1 Å². The Morgan fingerprint density at radius 1 is 1.08 bits per heavy atom. The van der Waals surface area contributed by atoms with Crippen LogP contribution in [0.2, 0.25) is 0 Å². The molecule has 1 aliphatic rings. The van der Waals surface area contributed by atoms with E-state index in [0.29, 0.717) is 12.2 Å². The summed E-state index contributed by atoms with van der Waals surface area (Å²) in [6.07, 6.45) is 3.14. The summed E-state index contributed by atoms with van der Waals surface area (Å²) in [7, 11) is 0. The van der Waals surface area contributed by atoms with Gasteiger partial charge in [-0.15, -0.1) is 0 Å². The van der Waals surface area contributed by atoms with Crippen molar-refractivity contribution in [1.29, 1.82) is 0 Å². The van der Waals surface area contributed by atoms with Crippen LogP contribution in [-0.4, -0.2) is 17.2 Å². The molecule has 0 radical (unpaired) electrons. The number of aliphatic imine (C=N–C) groups is 1. The molecule has 0 bridgehead atoms. The van der Waals surface area contributed by atoms with Gasteiger partial charge < -0.3 is 10.4 Å².